The van der Waals surface area contributed by atoms with Crippen molar-refractivity contribution in [2.75, 3.05) is 38.6 Å². The number of carboxylic acid groups (broad SMARTS) is 1. The fourth-order valence-electron chi connectivity index (χ4n) is 3.14. The van der Waals surface area contributed by atoms with E-state index >= 15 is 0 Å². The molecule has 1 saturated heterocycles. The Morgan fingerprint density at radius 2 is 1.89 bits per heavy atom. The van der Waals surface area contributed by atoms with E-state index in [1.807, 2.05) is 0 Å². The Morgan fingerprint density at radius 3 is 2.50 bits per heavy atom. The van der Waals surface area contributed by atoms with Gasteiger partial charge in [-0.2, -0.15) is 18.2 Å². The molecule has 1 fully saturated rings. The van der Waals surface area contributed by atoms with E-state index in [0.29, 0.717) is 59.1 Å². The lowest BCUT2D eigenvalue weighted by molar-refractivity contribution is -0.192. The van der Waals surface area contributed by atoms with E-state index in [4.69, 9.17) is 26.2 Å². The summed E-state index contributed by atoms with van der Waals surface area (Å²) in [7, 11) is 1.52. The molecule has 2 aromatic heterocycles. The van der Waals surface area contributed by atoms with Crippen molar-refractivity contribution in [3.63, 3.8) is 0 Å². The molecule has 11 nitrogen and oxygen atoms in total. The first-order valence-corrected chi connectivity index (χ1v) is 11.4. The number of methoxy groups -OCH3 is 1. The monoisotopic (exact) mass is 548 g/mol. The fraction of sp³-hybridized carbons (Fsp3) is 0.350. The Kier molecular flexibility index (Phi) is 8.70. The number of carbonyl (C=O) groups excluding carboxylic acids is 1. The third kappa shape index (κ3) is 7.05. The number of ether oxygens (including phenoxy) is 1. The first-order chi connectivity index (χ1) is 17.0. The van der Waals surface area contributed by atoms with Crippen LogP contribution in [0.4, 0.5) is 23.1 Å². The van der Waals surface area contributed by atoms with Crippen molar-refractivity contribution in [2.24, 2.45) is 0 Å². The molecule has 1 aromatic carbocycles. The van der Waals surface area contributed by atoms with Gasteiger partial charge in [-0.3, -0.25) is 10.2 Å². The standard InChI is InChI=1S/C18H19ClN6O3S.C2HF3O2/c1-28-15-14-16(21-10-20-15)29-17(22-14)23-18(27)25-6-4-24(5-7-25)9-11-8-12(19)2-3-13(11)26;3-2(4,5)1(6)7/h2-3,8,10,26H,4-7,9H2,1H3,(H,22,23,27);(H,6,7). The molecule has 4 rings (SSSR count). The molecule has 0 atom stereocenters. The van der Waals surface area contributed by atoms with Gasteiger partial charge in [0, 0.05) is 43.3 Å². The number of aromatic nitrogens is 3. The summed E-state index contributed by atoms with van der Waals surface area (Å²) in [5.74, 6) is -2.15. The summed E-state index contributed by atoms with van der Waals surface area (Å²) in [5.41, 5.74) is 1.31. The summed E-state index contributed by atoms with van der Waals surface area (Å²) in [6.45, 7) is 3.11. The number of benzene rings is 1. The van der Waals surface area contributed by atoms with Crippen LogP contribution in [0.5, 0.6) is 11.6 Å². The van der Waals surface area contributed by atoms with Crippen molar-refractivity contribution in [1.29, 1.82) is 0 Å². The number of hydrogen-bond acceptors (Lipinski definition) is 9. The van der Waals surface area contributed by atoms with Crippen LogP contribution in [-0.4, -0.2) is 86.4 Å². The minimum absolute atomic E-state index is 0.207. The van der Waals surface area contributed by atoms with Crippen LogP contribution in [0.25, 0.3) is 10.3 Å². The molecule has 0 aliphatic carbocycles. The number of piperazine rings is 1. The van der Waals surface area contributed by atoms with Crippen molar-refractivity contribution in [3.8, 4) is 11.6 Å². The van der Waals surface area contributed by atoms with E-state index in [2.05, 4.69) is 25.2 Å². The number of fused-ring (bicyclic) bond motifs is 1. The van der Waals surface area contributed by atoms with Gasteiger partial charge in [0.15, 0.2) is 15.5 Å². The number of urea groups is 1. The zero-order valence-corrected chi connectivity index (χ0v) is 20.2. The van der Waals surface area contributed by atoms with E-state index in [-0.39, 0.29) is 11.8 Å². The van der Waals surface area contributed by atoms with Crippen molar-refractivity contribution >= 4 is 50.4 Å². The quantitative estimate of drug-likeness (QED) is 0.447. The van der Waals surface area contributed by atoms with Crippen LogP contribution >= 0.6 is 22.9 Å². The van der Waals surface area contributed by atoms with Crippen LogP contribution in [0.2, 0.25) is 5.02 Å². The summed E-state index contributed by atoms with van der Waals surface area (Å²) in [6, 6.07) is 4.81. The molecule has 16 heteroatoms. The third-order valence-electron chi connectivity index (χ3n) is 4.91. The van der Waals surface area contributed by atoms with E-state index in [0.717, 1.165) is 5.56 Å². The maximum absolute atomic E-state index is 12.6. The lowest BCUT2D eigenvalue weighted by Gasteiger charge is -2.34. The normalized spacial score (nSPS) is 14.2. The Balaban J connectivity index is 0.000000454. The number of phenolic OH excluding ortho intramolecular Hbond substituents is 1. The third-order valence-corrected chi connectivity index (χ3v) is 6.02. The number of carboxylic acids is 1. The minimum atomic E-state index is -5.08. The highest BCUT2D eigenvalue weighted by Crippen LogP contribution is 2.29. The van der Waals surface area contributed by atoms with Gasteiger partial charge in [0.25, 0.3) is 0 Å². The lowest BCUT2D eigenvalue weighted by Crippen LogP contribution is -2.49. The van der Waals surface area contributed by atoms with Gasteiger partial charge >= 0.3 is 18.2 Å². The van der Waals surface area contributed by atoms with Crippen LogP contribution in [0.3, 0.4) is 0 Å². The van der Waals surface area contributed by atoms with E-state index in [1.54, 1.807) is 23.1 Å². The summed E-state index contributed by atoms with van der Waals surface area (Å²) in [4.78, 5) is 38.6. The number of phenols is 1. The van der Waals surface area contributed by atoms with Crippen LogP contribution in [0.15, 0.2) is 24.5 Å². The summed E-state index contributed by atoms with van der Waals surface area (Å²) in [5, 5.41) is 21.0. The molecule has 194 valence electrons. The molecule has 2 amide bonds. The summed E-state index contributed by atoms with van der Waals surface area (Å²) in [6.07, 6.45) is -3.68. The molecule has 0 saturated carbocycles. The molecule has 1 aliphatic heterocycles. The molecular weight excluding hydrogens is 529 g/mol. The van der Waals surface area contributed by atoms with E-state index < -0.39 is 12.1 Å². The van der Waals surface area contributed by atoms with Crippen molar-refractivity contribution in [2.45, 2.75) is 12.7 Å². The second-order valence-electron chi connectivity index (χ2n) is 7.33. The van der Waals surface area contributed by atoms with Gasteiger partial charge in [0.1, 0.15) is 12.1 Å². The molecule has 0 spiro atoms. The molecule has 3 N–H and O–H groups in total. The van der Waals surface area contributed by atoms with Crippen LogP contribution in [-0.2, 0) is 11.3 Å². The van der Waals surface area contributed by atoms with E-state index in [1.165, 1.54) is 24.8 Å². The number of amides is 2. The Hall–Kier alpha value is -3.43. The second-order valence-corrected chi connectivity index (χ2v) is 8.74. The first-order valence-electron chi connectivity index (χ1n) is 10.2. The lowest BCUT2D eigenvalue weighted by atomic mass is 10.1. The highest BCUT2D eigenvalue weighted by molar-refractivity contribution is 7.22. The zero-order chi connectivity index (χ0) is 26.5. The minimum Gasteiger partial charge on any atom is -0.508 e. The zero-order valence-electron chi connectivity index (χ0n) is 18.6. The number of carbonyl (C=O) groups is 2. The fourth-order valence-corrected chi connectivity index (χ4v) is 4.12. The number of nitrogens with zero attached hydrogens (tertiary/aromatic N) is 5. The van der Waals surface area contributed by atoms with Gasteiger partial charge in [0.05, 0.1) is 7.11 Å². The number of rotatable bonds is 4. The molecule has 3 heterocycles. The van der Waals surface area contributed by atoms with E-state index in [9.17, 15) is 23.1 Å². The van der Waals surface area contributed by atoms with Gasteiger partial charge in [0.2, 0.25) is 5.88 Å². The predicted octanol–water partition coefficient (Wildman–Crippen LogP) is 3.44. The van der Waals surface area contributed by atoms with Crippen molar-refractivity contribution < 1.29 is 37.7 Å². The molecule has 36 heavy (non-hydrogen) atoms. The van der Waals surface area contributed by atoms with Crippen LogP contribution in [0.1, 0.15) is 5.56 Å². The number of aromatic hydroxyl groups is 1. The average molecular weight is 549 g/mol. The maximum atomic E-state index is 12.6. The number of alkyl halides is 3. The number of anilines is 1. The Bertz CT molecular complexity index is 1240. The highest BCUT2D eigenvalue weighted by atomic mass is 35.5. The maximum Gasteiger partial charge on any atom is 0.490 e. The van der Waals surface area contributed by atoms with Crippen molar-refractivity contribution in [3.05, 3.63) is 35.1 Å². The molecule has 0 bridgehead atoms. The molecule has 3 aromatic rings. The smallest absolute Gasteiger partial charge is 0.490 e. The van der Waals surface area contributed by atoms with Gasteiger partial charge in [-0.05, 0) is 18.2 Å². The number of nitrogens with one attached hydrogen (secondary N) is 1. The highest BCUT2D eigenvalue weighted by Gasteiger charge is 2.38. The molecule has 0 unspecified atom stereocenters. The van der Waals surface area contributed by atoms with Gasteiger partial charge < -0.3 is 19.8 Å². The van der Waals surface area contributed by atoms with Gasteiger partial charge in [-0.1, -0.05) is 22.9 Å². The largest absolute Gasteiger partial charge is 0.508 e. The molecule has 1 aliphatic rings. The average Bonchev–Trinajstić information content (AvgIpc) is 3.24. The number of aliphatic carboxylic acids is 1. The van der Waals surface area contributed by atoms with Crippen LogP contribution < -0.4 is 10.1 Å². The summed E-state index contributed by atoms with van der Waals surface area (Å²) >= 11 is 7.29. The Labute approximate surface area is 211 Å². The van der Waals surface area contributed by atoms with Gasteiger partial charge in [-0.25, -0.2) is 19.6 Å². The summed E-state index contributed by atoms with van der Waals surface area (Å²) < 4.78 is 36.9. The number of halogens is 4. The number of thiazole rings is 1. The Morgan fingerprint density at radius 1 is 1.22 bits per heavy atom. The molecular formula is C20H20ClF3N6O5S. The second kappa shape index (κ2) is 11.5. The first kappa shape index (κ1) is 27.2. The number of hydrogen-bond donors (Lipinski definition) is 3. The molecule has 0 radical (unpaired) electrons. The van der Waals surface area contributed by atoms with Crippen molar-refractivity contribution in [1.82, 2.24) is 24.8 Å². The SMILES string of the molecule is COc1ncnc2sc(NC(=O)N3CCN(Cc4cc(Cl)ccc4O)CC3)nc12.O=C(O)C(F)(F)F. The topological polar surface area (TPSA) is 141 Å². The van der Waals surface area contributed by atoms with Crippen LogP contribution in [0, 0.1) is 0 Å². The van der Waals surface area contributed by atoms with Gasteiger partial charge in [-0.15, -0.1) is 0 Å². The predicted molar refractivity (Wildman–Crippen MR) is 124 cm³/mol.